The fourth-order valence-corrected chi connectivity index (χ4v) is 5.20. The summed E-state index contributed by atoms with van der Waals surface area (Å²) in [6, 6.07) is 39.4. The zero-order chi connectivity index (χ0) is 39.0. The summed E-state index contributed by atoms with van der Waals surface area (Å²) < 4.78 is 3.44. The molecule has 0 fully saturated rings. The van der Waals surface area contributed by atoms with Crippen molar-refractivity contribution in [3.8, 4) is 34.4 Å². The Kier molecular flexibility index (Phi) is 19.3. The van der Waals surface area contributed by atoms with Gasteiger partial charge in [-0.3, -0.25) is 0 Å². The van der Waals surface area contributed by atoms with Crippen molar-refractivity contribution in [3.05, 3.63) is 156 Å². The Morgan fingerprint density at radius 2 is 0.943 bits per heavy atom. The van der Waals surface area contributed by atoms with E-state index in [0.717, 1.165) is 33.4 Å². The summed E-state index contributed by atoms with van der Waals surface area (Å²) >= 11 is 0. The fourth-order valence-electron chi connectivity index (χ4n) is 5.20. The van der Waals surface area contributed by atoms with Gasteiger partial charge < -0.3 is 0 Å². The zero-order valence-electron chi connectivity index (χ0n) is 32.6. The molecule has 0 aliphatic rings. The summed E-state index contributed by atoms with van der Waals surface area (Å²) in [7, 11) is 0. The smallest absolute Gasteiger partial charge is 0.137 e. The van der Waals surface area contributed by atoms with Gasteiger partial charge in [0, 0.05) is 0 Å². The van der Waals surface area contributed by atoms with Crippen molar-refractivity contribution in [2.45, 2.75) is 75.4 Å². The lowest BCUT2D eigenvalue weighted by Crippen LogP contribution is -2.02. The molecule has 8 nitrogen and oxygen atoms in total. The number of nitrogens with zero attached hydrogens (tertiary/aromatic N) is 8. The van der Waals surface area contributed by atoms with Crippen LogP contribution in [0, 0.1) is 29.6 Å². The van der Waals surface area contributed by atoms with Gasteiger partial charge in [0.2, 0.25) is 0 Å². The lowest BCUT2D eigenvalue weighted by molar-refractivity contribution is 0.684. The second kappa shape index (κ2) is 23.9. The molecule has 0 unspecified atom stereocenters. The molecule has 2 heterocycles. The molecule has 0 N–H and O–H groups in total. The van der Waals surface area contributed by atoms with Crippen LogP contribution in [0.25, 0.3) is 33.0 Å². The third-order valence-corrected chi connectivity index (χ3v) is 7.48. The number of aryl methyl sites for hydroxylation is 1. The van der Waals surface area contributed by atoms with E-state index >= 15 is 0 Å². The minimum Gasteiger partial charge on any atom is -0.249 e. The standard InChI is InChI=1S/C20H14N4.C17H14N4.4C2H6/c21-11-19-8-7-18(10-20(19)12-24-14-22-13-23-24)17-6-5-15-3-1-2-4-16(15)9-17;1-13-3-2-4-14(7-13)15-5-6-16(9-18)17(8-15)10-21-12-19-11-20-21;4*1-2/h1-10,13-14H,12H2;2-8,11-12H,10H2,1H3;4*1-2H3. The third-order valence-electron chi connectivity index (χ3n) is 7.48. The van der Waals surface area contributed by atoms with Gasteiger partial charge in [0.05, 0.1) is 36.4 Å². The number of benzene rings is 5. The Labute approximate surface area is 316 Å². The van der Waals surface area contributed by atoms with Crippen LogP contribution in [0.4, 0.5) is 0 Å². The summed E-state index contributed by atoms with van der Waals surface area (Å²) in [4.78, 5) is 7.89. The van der Waals surface area contributed by atoms with Crippen molar-refractivity contribution >= 4 is 10.8 Å². The number of nitriles is 2. The molecular formula is C45H52N8. The van der Waals surface area contributed by atoms with Crippen molar-refractivity contribution in [1.29, 1.82) is 10.5 Å². The largest absolute Gasteiger partial charge is 0.249 e. The number of aromatic nitrogens is 6. The highest BCUT2D eigenvalue weighted by Gasteiger charge is 2.09. The maximum absolute atomic E-state index is 9.35. The van der Waals surface area contributed by atoms with Crippen molar-refractivity contribution in [2.75, 3.05) is 0 Å². The number of rotatable bonds is 6. The van der Waals surface area contributed by atoms with Crippen LogP contribution in [0.15, 0.2) is 128 Å². The van der Waals surface area contributed by atoms with Gasteiger partial charge in [-0.1, -0.05) is 134 Å². The highest BCUT2D eigenvalue weighted by molar-refractivity contribution is 5.87. The topological polar surface area (TPSA) is 109 Å². The number of fused-ring (bicyclic) bond motifs is 1. The average Bonchev–Trinajstić information content (AvgIpc) is 3.96. The highest BCUT2D eigenvalue weighted by atomic mass is 15.3. The lowest BCUT2D eigenvalue weighted by Gasteiger charge is -2.09. The van der Waals surface area contributed by atoms with E-state index in [0.29, 0.717) is 24.2 Å². The lowest BCUT2D eigenvalue weighted by atomic mass is 9.97. The second-order valence-electron chi connectivity index (χ2n) is 10.6. The molecule has 2 aromatic heterocycles. The summed E-state index contributed by atoms with van der Waals surface area (Å²) in [5.41, 5.74) is 8.92. The Morgan fingerprint density at radius 1 is 0.491 bits per heavy atom. The van der Waals surface area contributed by atoms with Crippen LogP contribution in [0.1, 0.15) is 83.2 Å². The molecule has 53 heavy (non-hydrogen) atoms. The molecule has 7 aromatic rings. The van der Waals surface area contributed by atoms with Gasteiger partial charge in [0.25, 0.3) is 0 Å². The van der Waals surface area contributed by atoms with E-state index in [4.69, 9.17) is 0 Å². The second-order valence-corrected chi connectivity index (χ2v) is 10.6. The molecule has 0 amide bonds. The molecular weight excluding hydrogens is 653 g/mol. The maximum Gasteiger partial charge on any atom is 0.137 e. The van der Waals surface area contributed by atoms with E-state index in [1.807, 2.05) is 97.9 Å². The molecule has 0 aliphatic heterocycles. The van der Waals surface area contributed by atoms with Crippen LogP contribution in [0.5, 0.6) is 0 Å². The Bertz CT molecular complexity index is 2150. The van der Waals surface area contributed by atoms with Gasteiger partial charge in [-0.15, -0.1) is 0 Å². The van der Waals surface area contributed by atoms with Gasteiger partial charge in [0.15, 0.2) is 0 Å². The van der Waals surface area contributed by atoms with Gasteiger partial charge in [-0.25, -0.2) is 19.3 Å². The molecule has 5 aromatic carbocycles. The van der Waals surface area contributed by atoms with E-state index in [1.165, 1.54) is 29.0 Å². The summed E-state index contributed by atoms with van der Waals surface area (Å²) in [5, 5.41) is 29.3. The minimum absolute atomic E-state index is 0.532. The van der Waals surface area contributed by atoms with Crippen molar-refractivity contribution in [3.63, 3.8) is 0 Å². The summed E-state index contributed by atoms with van der Waals surface area (Å²) in [6.07, 6.45) is 6.31. The molecule has 0 spiro atoms. The van der Waals surface area contributed by atoms with Crippen LogP contribution < -0.4 is 0 Å². The van der Waals surface area contributed by atoms with Gasteiger partial charge in [0.1, 0.15) is 25.3 Å². The molecule has 0 radical (unpaired) electrons. The fraction of sp³-hybridized carbons (Fsp3) is 0.244. The summed E-state index contributed by atoms with van der Waals surface area (Å²) in [6.45, 7) is 19.1. The van der Waals surface area contributed by atoms with E-state index in [2.05, 4.69) is 99.9 Å². The predicted octanol–water partition coefficient (Wildman–Crippen LogP) is 11.3. The van der Waals surface area contributed by atoms with Crippen LogP contribution in [-0.2, 0) is 13.1 Å². The monoisotopic (exact) mass is 704 g/mol. The molecule has 8 heteroatoms. The molecule has 7 rings (SSSR count). The first kappa shape index (κ1) is 42.8. The van der Waals surface area contributed by atoms with E-state index in [-0.39, 0.29) is 0 Å². The van der Waals surface area contributed by atoms with Crippen LogP contribution >= 0.6 is 0 Å². The van der Waals surface area contributed by atoms with E-state index < -0.39 is 0 Å². The van der Waals surface area contributed by atoms with E-state index in [9.17, 15) is 10.5 Å². The van der Waals surface area contributed by atoms with Crippen LogP contribution in [-0.4, -0.2) is 29.5 Å². The highest BCUT2D eigenvalue weighted by Crippen LogP contribution is 2.27. The molecule has 0 atom stereocenters. The van der Waals surface area contributed by atoms with Crippen LogP contribution in [0.2, 0.25) is 0 Å². The van der Waals surface area contributed by atoms with Crippen LogP contribution in [0.3, 0.4) is 0 Å². The Morgan fingerprint density at radius 3 is 1.40 bits per heavy atom. The molecule has 0 saturated heterocycles. The van der Waals surface area contributed by atoms with Gasteiger partial charge in [-0.05, 0) is 81.4 Å². The van der Waals surface area contributed by atoms with Crippen molar-refractivity contribution < 1.29 is 0 Å². The molecule has 272 valence electrons. The number of hydrogen-bond acceptors (Lipinski definition) is 6. The Hall–Kier alpha value is -6.38. The quantitative estimate of drug-likeness (QED) is 0.170. The predicted molar refractivity (Wildman–Crippen MR) is 219 cm³/mol. The third kappa shape index (κ3) is 12.4. The van der Waals surface area contributed by atoms with Gasteiger partial charge >= 0.3 is 0 Å². The molecule has 0 bridgehead atoms. The van der Waals surface area contributed by atoms with Crippen molar-refractivity contribution in [2.24, 2.45) is 0 Å². The first-order valence-electron chi connectivity index (χ1n) is 18.4. The van der Waals surface area contributed by atoms with E-state index in [1.54, 1.807) is 22.0 Å². The summed E-state index contributed by atoms with van der Waals surface area (Å²) in [5.74, 6) is 0. The normalized spacial score (nSPS) is 9.34. The zero-order valence-corrected chi connectivity index (χ0v) is 32.6. The number of hydrogen-bond donors (Lipinski definition) is 0. The SMILES string of the molecule is CC.CC.CC.CC.Cc1cccc(-c2ccc(C#N)c(Cn3cncn3)c2)c1.N#Cc1ccc(-c2ccc3ccccc3c2)cc1Cn1cncn1. The first-order valence-corrected chi connectivity index (χ1v) is 18.4. The first-order chi connectivity index (χ1) is 26.1. The Balaban J connectivity index is 0.000000311. The van der Waals surface area contributed by atoms with Crippen molar-refractivity contribution in [1.82, 2.24) is 29.5 Å². The minimum atomic E-state index is 0.532. The maximum atomic E-state index is 9.35. The average molecular weight is 705 g/mol. The van der Waals surface area contributed by atoms with Gasteiger partial charge in [-0.2, -0.15) is 20.7 Å². The molecule has 0 saturated carbocycles. The molecule has 0 aliphatic carbocycles.